The second-order valence-electron chi connectivity index (χ2n) is 5.32. The summed E-state index contributed by atoms with van der Waals surface area (Å²) in [6, 6.07) is 10.8. The zero-order chi connectivity index (χ0) is 15.5. The van der Waals surface area contributed by atoms with Gasteiger partial charge in [-0.1, -0.05) is 6.07 Å². The number of hydrogen-bond donors (Lipinski definition) is 1. The van der Waals surface area contributed by atoms with E-state index in [1.807, 2.05) is 25.1 Å². The minimum absolute atomic E-state index is 0.161. The summed E-state index contributed by atoms with van der Waals surface area (Å²) in [7, 11) is 0. The zero-order valence-corrected chi connectivity index (χ0v) is 12.4. The van der Waals surface area contributed by atoms with E-state index in [-0.39, 0.29) is 11.8 Å². The molecule has 1 N–H and O–H groups in total. The zero-order valence-electron chi connectivity index (χ0n) is 12.4. The first-order valence-corrected chi connectivity index (χ1v) is 7.28. The minimum atomic E-state index is -0.245. The molecule has 1 aliphatic rings. The normalized spacial score (nSPS) is 14.2. The van der Waals surface area contributed by atoms with Crippen LogP contribution in [0.1, 0.15) is 28.9 Å². The Labute approximate surface area is 129 Å². The summed E-state index contributed by atoms with van der Waals surface area (Å²) in [5.74, 6) is -0.0848. The van der Waals surface area contributed by atoms with Crippen LogP contribution in [0.2, 0.25) is 0 Å². The van der Waals surface area contributed by atoms with Crippen LogP contribution >= 0.6 is 0 Å². The standard InChI is InChI=1S/C17H17N3O2/c1-12-11-13(19-17(22)14-5-2-3-9-18-14)7-8-15(12)20-10-4-6-16(20)21/h2-3,5,7-9,11H,4,6,10H2,1H3,(H,19,22). The molecule has 2 aromatic rings. The molecule has 1 aromatic heterocycles. The Morgan fingerprint density at radius 2 is 2.14 bits per heavy atom. The summed E-state index contributed by atoms with van der Waals surface area (Å²) in [6.07, 6.45) is 3.09. The molecule has 0 atom stereocenters. The van der Waals surface area contributed by atoms with Gasteiger partial charge in [0, 0.05) is 30.5 Å². The maximum absolute atomic E-state index is 12.1. The van der Waals surface area contributed by atoms with Gasteiger partial charge < -0.3 is 10.2 Å². The lowest BCUT2D eigenvalue weighted by molar-refractivity contribution is -0.117. The second kappa shape index (κ2) is 5.97. The maximum atomic E-state index is 12.1. The van der Waals surface area contributed by atoms with Gasteiger partial charge in [-0.25, -0.2) is 0 Å². The molecule has 1 aliphatic heterocycles. The average molecular weight is 295 g/mol. The molecule has 2 amide bonds. The highest BCUT2D eigenvalue weighted by Crippen LogP contribution is 2.27. The number of amides is 2. The number of nitrogens with one attached hydrogen (secondary N) is 1. The molecule has 1 saturated heterocycles. The molecule has 0 saturated carbocycles. The molecule has 22 heavy (non-hydrogen) atoms. The Balaban J connectivity index is 1.77. The molecule has 0 aliphatic carbocycles. The summed E-state index contributed by atoms with van der Waals surface area (Å²) in [4.78, 5) is 29.7. The monoisotopic (exact) mass is 295 g/mol. The first-order chi connectivity index (χ1) is 10.6. The fourth-order valence-corrected chi connectivity index (χ4v) is 2.63. The maximum Gasteiger partial charge on any atom is 0.274 e. The molecule has 5 nitrogen and oxygen atoms in total. The number of hydrogen-bond acceptors (Lipinski definition) is 3. The molecule has 0 radical (unpaired) electrons. The SMILES string of the molecule is Cc1cc(NC(=O)c2ccccn2)ccc1N1CCCC1=O. The fourth-order valence-electron chi connectivity index (χ4n) is 2.63. The van der Waals surface area contributed by atoms with E-state index in [1.54, 1.807) is 29.3 Å². The van der Waals surface area contributed by atoms with E-state index >= 15 is 0 Å². The smallest absolute Gasteiger partial charge is 0.274 e. The highest BCUT2D eigenvalue weighted by Gasteiger charge is 2.23. The van der Waals surface area contributed by atoms with Gasteiger partial charge in [-0.2, -0.15) is 0 Å². The van der Waals surface area contributed by atoms with Crippen LogP contribution in [-0.2, 0) is 4.79 Å². The van der Waals surface area contributed by atoms with Gasteiger partial charge in [-0.05, 0) is 49.2 Å². The number of benzene rings is 1. The van der Waals surface area contributed by atoms with Gasteiger partial charge in [0.15, 0.2) is 0 Å². The van der Waals surface area contributed by atoms with Gasteiger partial charge in [0.1, 0.15) is 5.69 Å². The van der Waals surface area contributed by atoms with Crippen molar-refractivity contribution in [3.63, 3.8) is 0 Å². The van der Waals surface area contributed by atoms with Crippen molar-refractivity contribution >= 4 is 23.2 Å². The van der Waals surface area contributed by atoms with Crippen LogP contribution < -0.4 is 10.2 Å². The molecule has 2 heterocycles. The molecule has 1 aromatic carbocycles. The van der Waals surface area contributed by atoms with E-state index in [4.69, 9.17) is 0 Å². The topological polar surface area (TPSA) is 62.3 Å². The van der Waals surface area contributed by atoms with E-state index < -0.39 is 0 Å². The fraction of sp³-hybridized carbons (Fsp3) is 0.235. The van der Waals surface area contributed by atoms with Crippen LogP contribution in [0.4, 0.5) is 11.4 Å². The highest BCUT2D eigenvalue weighted by molar-refractivity contribution is 6.03. The molecule has 0 spiro atoms. The van der Waals surface area contributed by atoms with Crippen LogP contribution in [0, 0.1) is 6.92 Å². The first kappa shape index (κ1) is 14.3. The number of aryl methyl sites for hydroxylation is 1. The lowest BCUT2D eigenvalue weighted by atomic mass is 10.1. The van der Waals surface area contributed by atoms with E-state index in [1.165, 1.54) is 0 Å². The Hall–Kier alpha value is -2.69. The molecule has 0 bridgehead atoms. The van der Waals surface area contributed by atoms with Crippen molar-refractivity contribution in [2.75, 3.05) is 16.8 Å². The van der Waals surface area contributed by atoms with Crippen molar-refractivity contribution < 1.29 is 9.59 Å². The summed E-state index contributed by atoms with van der Waals surface area (Å²) >= 11 is 0. The van der Waals surface area contributed by atoms with Gasteiger partial charge in [0.2, 0.25) is 5.91 Å². The summed E-state index contributed by atoms with van der Waals surface area (Å²) < 4.78 is 0. The third-order valence-electron chi connectivity index (χ3n) is 3.72. The molecule has 3 rings (SSSR count). The Morgan fingerprint density at radius 1 is 1.27 bits per heavy atom. The van der Waals surface area contributed by atoms with Gasteiger partial charge in [0.05, 0.1) is 0 Å². The summed E-state index contributed by atoms with van der Waals surface area (Å²) in [6.45, 7) is 2.71. The molecule has 5 heteroatoms. The van der Waals surface area contributed by atoms with Crippen LogP contribution in [-0.4, -0.2) is 23.3 Å². The number of nitrogens with zero attached hydrogens (tertiary/aromatic N) is 2. The lowest BCUT2D eigenvalue weighted by Crippen LogP contribution is -2.24. The second-order valence-corrected chi connectivity index (χ2v) is 5.32. The number of rotatable bonds is 3. The summed E-state index contributed by atoms with van der Waals surface area (Å²) in [5.41, 5.74) is 2.95. The minimum Gasteiger partial charge on any atom is -0.321 e. The average Bonchev–Trinajstić information content (AvgIpc) is 2.94. The lowest BCUT2D eigenvalue weighted by Gasteiger charge is -2.19. The van der Waals surface area contributed by atoms with Crippen molar-refractivity contribution in [3.8, 4) is 0 Å². The van der Waals surface area contributed by atoms with E-state index in [0.717, 1.165) is 24.2 Å². The Bertz CT molecular complexity index is 713. The Morgan fingerprint density at radius 3 is 2.77 bits per heavy atom. The molecule has 1 fully saturated rings. The number of aromatic nitrogens is 1. The number of anilines is 2. The first-order valence-electron chi connectivity index (χ1n) is 7.28. The van der Waals surface area contributed by atoms with Gasteiger partial charge in [-0.3, -0.25) is 14.6 Å². The Kier molecular flexibility index (Phi) is 3.87. The van der Waals surface area contributed by atoms with E-state index in [9.17, 15) is 9.59 Å². The van der Waals surface area contributed by atoms with Crippen LogP contribution in [0.15, 0.2) is 42.6 Å². The van der Waals surface area contributed by atoms with Crippen molar-refractivity contribution in [3.05, 3.63) is 53.9 Å². The predicted molar refractivity (Wildman–Crippen MR) is 85.0 cm³/mol. The number of pyridine rings is 1. The predicted octanol–water partition coefficient (Wildman–Crippen LogP) is 2.77. The van der Waals surface area contributed by atoms with Gasteiger partial charge in [-0.15, -0.1) is 0 Å². The quantitative estimate of drug-likeness (QED) is 0.947. The van der Waals surface area contributed by atoms with Crippen molar-refractivity contribution in [1.82, 2.24) is 4.98 Å². The van der Waals surface area contributed by atoms with Crippen molar-refractivity contribution in [2.45, 2.75) is 19.8 Å². The third kappa shape index (κ3) is 2.83. The van der Waals surface area contributed by atoms with E-state index in [0.29, 0.717) is 17.8 Å². The van der Waals surface area contributed by atoms with Crippen LogP contribution in [0.5, 0.6) is 0 Å². The number of carbonyl (C=O) groups is 2. The molecular formula is C17H17N3O2. The van der Waals surface area contributed by atoms with Crippen LogP contribution in [0.25, 0.3) is 0 Å². The van der Waals surface area contributed by atoms with Crippen molar-refractivity contribution in [1.29, 1.82) is 0 Å². The largest absolute Gasteiger partial charge is 0.321 e. The third-order valence-corrected chi connectivity index (χ3v) is 3.72. The van der Waals surface area contributed by atoms with Crippen molar-refractivity contribution in [2.24, 2.45) is 0 Å². The van der Waals surface area contributed by atoms with Crippen LogP contribution in [0.3, 0.4) is 0 Å². The number of carbonyl (C=O) groups excluding carboxylic acids is 2. The van der Waals surface area contributed by atoms with Gasteiger partial charge in [0.25, 0.3) is 5.91 Å². The molecular weight excluding hydrogens is 278 g/mol. The molecule has 112 valence electrons. The van der Waals surface area contributed by atoms with E-state index in [2.05, 4.69) is 10.3 Å². The van der Waals surface area contributed by atoms with Gasteiger partial charge >= 0.3 is 0 Å². The summed E-state index contributed by atoms with van der Waals surface area (Å²) in [5, 5.41) is 2.82. The highest BCUT2D eigenvalue weighted by atomic mass is 16.2. The molecule has 0 unspecified atom stereocenters.